The minimum absolute atomic E-state index is 0.267. The van der Waals surface area contributed by atoms with Gasteiger partial charge in [0.25, 0.3) is 0 Å². The van der Waals surface area contributed by atoms with Crippen molar-refractivity contribution in [3.8, 4) is 28.6 Å². The van der Waals surface area contributed by atoms with Crippen molar-refractivity contribution in [3.63, 3.8) is 0 Å². The number of rotatable bonds is 6. The SMILES string of the molecule is COc1cc(Nc2nc(-c3ccccc3)no2)cc(OC)c1OC. The summed E-state index contributed by atoms with van der Waals surface area (Å²) in [5.74, 6) is 2.08. The molecule has 0 spiro atoms. The van der Waals surface area contributed by atoms with Crippen LogP contribution in [-0.2, 0) is 0 Å². The first kappa shape index (κ1) is 15.7. The van der Waals surface area contributed by atoms with Crippen molar-refractivity contribution in [1.82, 2.24) is 10.1 Å². The molecule has 7 heteroatoms. The highest BCUT2D eigenvalue weighted by Crippen LogP contribution is 2.40. The molecule has 24 heavy (non-hydrogen) atoms. The maximum Gasteiger partial charge on any atom is 0.326 e. The van der Waals surface area contributed by atoms with Crippen molar-refractivity contribution in [2.24, 2.45) is 0 Å². The Kier molecular flexibility index (Phi) is 4.51. The number of nitrogens with zero attached hydrogens (tertiary/aromatic N) is 2. The summed E-state index contributed by atoms with van der Waals surface area (Å²) in [6.45, 7) is 0. The van der Waals surface area contributed by atoms with Crippen LogP contribution in [0.4, 0.5) is 11.7 Å². The average Bonchev–Trinajstić information content (AvgIpc) is 3.10. The minimum atomic E-state index is 0.267. The van der Waals surface area contributed by atoms with Gasteiger partial charge in [-0.2, -0.15) is 4.98 Å². The van der Waals surface area contributed by atoms with Crippen molar-refractivity contribution in [3.05, 3.63) is 42.5 Å². The van der Waals surface area contributed by atoms with E-state index in [1.54, 1.807) is 33.5 Å². The molecule has 1 aromatic heterocycles. The van der Waals surface area contributed by atoms with Gasteiger partial charge in [-0.1, -0.05) is 35.5 Å². The van der Waals surface area contributed by atoms with E-state index in [4.69, 9.17) is 18.7 Å². The van der Waals surface area contributed by atoms with Crippen LogP contribution in [0.3, 0.4) is 0 Å². The van der Waals surface area contributed by atoms with E-state index >= 15 is 0 Å². The molecule has 0 aliphatic heterocycles. The van der Waals surface area contributed by atoms with Crippen LogP contribution in [0.25, 0.3) is 11.4 Å². The van der Waals surface area contributed by atoms with Crippen LogP contribution >= 0.6 is 0 Å². The minimum Gasteiger partial charge on any atom is -0.493 e. The third-order valence-corrected chi connectivity index (χ3v) is 3.37. The first-order valence-electron chi connectivity index (χ1n) is 7.21. The number of benzene rings is 2. The van der Waals surface area contributed by atoms with E-state index in [0.717, 1.165) is 5.56 Å². The number of anilines is 2. The maximum absolute atomic E-state index is 5.32. The summed E-state index contributed by atoms with van der Waals surface area (Å²) in [5, 5.41) is 7.00. The molecular formula is C17H17N3O4. The Labute approximate surface area is 139 Å². The van der Waals surface area contributed by atoms with Gasteiger partial charge in [-0.05, 0) is 0 Å². The van der Waals surface area contributed by atoms with Gasteiger partial charge in [-0.3, -0.25) is 0 Å². The number of aromatic nitrogens is 2. The molecule has 0 unspecified atom stereocenters. The van der Waals surface area contributed by atoms with Gasteiger partial charge < -0.3 is 24.1 Å². The van der Waals surface area contributed by atoms with Crippen LogP contribution in [0.15, 0.2) is 47.0 Å². The van der Waals surface area contributed by atoms with Gasteiger partial charge in [-0.25, -0.2) is 0 Å². The summed E-state index contributed by atoms with van der Waals surface area (Å²) in [5.41, 5.74) is 1.55. The highest BCUT2D eigenvalue weighted by atomic mass is 16.5. The first-order valence-corrected chi connectivity index (χ1v) is 7.21. The van der Waals surface area contributed by atoms with E-state index in [0.29, 0.717) is 28.8 Å². The first-order chi connectivity index (χ1) is 11.7. The average molecular weight is 327 g/mol. The highest BCUT2D eigenvalue weighted by molar-refractivity contribution is 5.66. The predicted molar refractivity (Wildman–Crippen MR) is 89.1 cm³/mol. The summed E-state index contributed by atoms with van der Waals surface area (Å²) in [6, 6.07) is 13.4. The molecule has 124 valence electrons. The molecule has 1 heterocycles. The smallest absolute Gasteiger partial charge is 0.326 e. The van der Waals surface area contributed by atoms with Crippen LogP contribution in [-0.4, -0.2) is 31.5 Å². The zero-order chi connectivity index (χ0) is 16.9. The monoisotopic (exact) mass is 327 g/mol. The molecule has 0 saturated heterocycles. The van der Waals surface area contributed by atoms with Crippen molar-refractivity contribution in [1.29, 1.82) is 0 Å². The maximum atomic E-state index is 5.32. The lowest BCUT2D eigenvalue weighted by atomic mass is 10.2. The molecule has 1 N–H and O–H groups in total. The lowest BCUT2D eigenvalue weighted by molar-refractivity contribution is 0.324. The zero-order valence-electron chi connectivity index (χ0n) is 13.6. The molecule has 0 amide bonds. The predicted octanol–water partition coefficient (Wildman–Crippen LogP) is 3.51. The van der Waals surface area contributed by atoms with Crippen molar-refractivity contribution >= 4 is 11.7 Å². The molecule has 0 atom stereocenters. The molecule has 7 nitrogen and oxygen atoms in total. The molecule has 0 aliphatic carbocycles. The summed E-state index contributed by atoms with van der Waals surface area (Å²) in [7, 11) is 4.67. The lowest BCUT2D eigenvalue weighted by Gasteiger charge is -2.13. The summed E-state index contributed by atoms with van der Waals surface area (Å²) in [4.78, 5) is 4.33. The van der Waals surface area contributed by atoms with E-state index in [1.165, 1.54) is 0 Å². The molecule has 2 aromatic carbocycles. The molecule has 0 saturated carbocycles. The van der Waals surface area contributed by atoms with E-state index in [-0.39, 0.29) is 6.01 Å². The Hall–Kier alpha value is -3.22. The second-order valence-electron chi connectivity index (χ2n) is 4.83. The van der Waals surface area contributed by atoms with Gasteiger partial charge in [0.1, 0.15) is 0 Å². The normalized spacial score (nSPS) is 10.3. The summed E-state index contributed by atoms with van der Waals surface area (Å²) >= 11 is 0. The van der Waals surface area contributed by atoms with E-state index in [1.807, 2.05) is 30.3 Å². The van der Waals surface area contributed by atoms with E-state index in [9.17, 15) is 0 Å². The summed E-state index contributed by atoms with van der Waals surface area (Å²) < 4.78 is 21.2. The number of hydrogen-bond donors (Lipinski definition) is 1. The fourth-order valence-electron chi connectivity index (χ4n) is 2.26. The van der Waals surface area contributed by atoms with Crippen LogP contribution in [0.2, 0.25) is 0 Å². The van der Waals surface area contributed by atoms with Crippen LogP contribution < -0.4 is 19.5 Å². The van der Waals surface area contributed by atoms with Crippen molar-refractivity contribution in [2.75, 3.05) is 26.6 Å². The van der Waals surface area contributed by atoms with Crippen LogP contribution in [0.5, 0.6) is 17.2 Å². The van der Waals surface area contributed by atoms with Crippen LogP contribution in [0.1, 0.15) is 0 Å². The third-order valence-electron chi connectivity index (χ3n) is 3.37. The molecule has 0 radical (unpaired) electrons. The lowest BCUT2D eigenvalue weighted by Crippen LogP contribution is -1.98. The molecule has 3 aromatic rings. The van der Waals surface area contributed by atoms with Crippen molar-refractivity contribution in [2.45, 2.75) is 0 Å². The van der Waals surface area contributed by atoms with Gasteiger partial charge in [0.05, 0.1) is 27.0 Å². The Morgan fingerprint density at radius 3 is 2.17 bits per heavy atom. The number of nitrogens with one attached hydrogen (secondary N) is 1. The Morgan fingerprint density at radius 1 is 0.917 bits per heavy atom. The fraction of sp³-hybridized carbons (Fsp3) is 0.176. The molecule has 0 bridgehead atoms. The largest absolute Gasteiger partial charge is 0.493 e. The standard InChI is InChI=1S/C17H17N3O4/c1-21-13-9-12(10-14(22-2)15(13)23-3)18-17-19-16(20-24-17)11-7-5-4-6-8-11/h4-10H,1-3H3,(H,18,19,20). The quantitative estimate of drug-likeness (QED) is 0.742. The Bertz CT molecular complexity index is 793. The third kappa shape index (κ3) is 3.10. The molecule has 3 rings (SSSR count). The van der Waals surface area contributed by atoms with Gasteiger partial charge in [0.2, 0.25) is 11.6 Å². The molecule has 0 aliphatic rings. The Morgan fingerprint density at radius 2 is 1.58 bits per heavy atom. The number of hydrogen-bond acceptors (Lipinski definition) is 7. The van der Waals surface area contributed by atoms with Gasteiger partial charge in [0, 0.05) is 17.7 Å². The molecule has 0 fully saturated rings. The van der Waals surface area contributed by atoms with Crippen LogP contribution in [0, 0.1) is 0 Å². The van der Waals surface area contributed by atoms with Gasteiger partial charge >= 0.3 is 6.01 Å². The topological polar surface area (TPSA) is 78.6 Å². The molecular weight excluding hydrogens is 310 g/mol. The van der Waals surface area contributed by atoms with E-state index < -0.39 is 0 Å². The number of methoxy groups -OCH3 is 3. The number of ether oxygens (including phenoxy) is 3. The zero-order valence-corrected chi connectivity index (χ0v) is 13.6. The second kappa shape index (κ2) is 6.91. The van der Waals surface area contributed by atoms with E-state index in [2.05, 4.69) is 15.5 Å². The fourth-order valence-corrected chi connectivity index (χ4v) is 2.26. The van der Waals surface area contributed by atoms with Gasteiger partial charge in [0.15, 0.2) is 11.5 Å². The Balaban J connectivity index is 1.88. The highest BCUT2D eigenvalue weighted by Gasteiger charge is 2.15. The van der Waals surface area contributed by atoms with Gasteiger partial charge in [-0.15, -0.1) is 0 Å². The van der Waals surface area contributed by atoms with Crippen molar-refractivity contribution < 1.29 is 18.7 Å². The summed E-state index contributed by atoms with van der Waals surface area (Å²) in [6.07, 6.45) is 0. The second-order valence-corrected chi connectivity index (χ2v) is 4.83.